The second-order valence-electron chi connectivity index (χ2n) is 7.41. The average Bonchev–Trinajstić information content (AvgIpc) is 3.06. The van der Waals surface area contributed by atoms with Crippen LogP contribution in [-0.2, 0) is 27.4 Å². The summed E-state index contributed by atoms with van der Waals surface area (Å²) in [6, 6.07) is 8.31. The van der Waals surface area contributed by atoms with Gasteiger partial charge < -0.3 is 19.7 Å². The summed E-state index contributed by atoms with van der Waals surface area (Å²) in [7, 11) is -1.06. The van der Waals surface area contributed by atoms with Crippen LogP contribution in [0.4, 0.5) is 4.39 Å². The van der Waals surface area contributed by atoms with Gasteiger partial charge in [0, 0.05) is 5.56 Å². The second-order valence-corrected chi connectivity index (χ2v) is 7.41. The van der Waals surface area contributed by atoms with Gasteiger partial charge in [0.05, 0.1) is 6.61 Å². The summed E-state index contributed by atoms with van der Waals surface area (Å²) < 4.78 is 23.8. The zero-order chi connectivity index (χ0) is 21.1. The monoisotopic (exact) mass is 399 g/mol. The highest BCUT2D eigenvalue weighted by Gasteiger charge is 2.32. The quantitative estimate of drug-likeness (QED) is 0.572. The van der Waals surface area contributed by atoms with Gasteiger partial charge in [0.15, 0.2) is 0 Å². The van der Waals surface area contributed by atoms with Gasteiger partial charge in [-0.05, 0) is 53.2 Å². The Morgan fingerprint density at radius 3 is 2.76 bits per heavy atom. The van der Waals surface area contributed by atoms with Crippen molar-refractivity contribution in [3.8, 4) is 0 Å². The van der Waals surface area contributed by atoms with Crippen LogP contribution >= 0.6 is 0 Å². The van der Waals surface area contributed by atoms with Gasteiger partial charge in [0.25, 0.3) is 5.91 Å². The zero-order valence-corrected chi connectivity index (χ0v) is 16.6. The van der Waals surface area contributed by atoms with Crippen molar-refractivity contribution in [3.63, 3.8) is 0 Å². The number of amides is 1. The van der Waals surface area contributed by atoms with Gasteiger partial charge in [0.1, 0.15) is 18.5 Å². The number of benzene rings is 2. The molecule has 1 aliphatic rings. The van der Waals surface area contributed by atoms with Crippen LogP contribution in [0.5, 0.6) is 0 Å². The number of esters is 1. The molecule has 2 aromatic rings. The number of halogens is 1. The number of hydrogen-bond donors (Lipinski definition) is 2. The Balaban J connectivity index is 1.71. The fourth-order valence-corrected chi connectivity index (χ4v) is 3.34. The molecule has 0 spiro atoms. The van der Waals surface area contributed by atoms with Crippen molar-refractivity contribution in [1.82, 2.24) is 5.32 Å². The number of ether oxygens (including phenoxy) is 1. The molecule has 1 atom stereocenters. The van der Waals surface area contributed by atoms with E-state index in [1.165, 1.54) is 18.2 Å². The van der Waals surface area contributed by atoms with Crippen LogP contribution in [0.1, 0.15) is 40.9 Å². The van der Waals surface area contributed by atoms with Gasteiger partial charge in [-0.25, -0.2) is 9.18 Å². The van der Waals surface area contributed by atoms with Crippen molar-refractivity contribution in [2.45, 2.75) is 40.0 Å². The van der Waals surface area contributed by atoms with E-state index in [1.807, 2.05) is 0 Å². The molecule has 29 heavy (non-hydrogen) atoms. The SMILES string of the molecule is Cc1c(C(=O)N[C@H](C(=O)OCc2cccc(F)c2)C(C)C)ccc2c1B(O)OC2. The lowest BCUT2D eigenvalue weighted by Gasteiger charge is -2.22. The van der Waals surface area contributed by atoms with Gasteiger partial charge in [-0.1, -0.05) is 32.0 Å². The molecule has 3 rings (SSSR count). The first-order valence-corrected chi connectivity index (χ1v) is 9.42. The summed E-state index contributed by atoms with van der Waals surface area (Å²) in [5.74, 6) is -1.67. The smallest absolute Gasteiger partial charge is 0.459 e. The topological polar surface area (TPSA) is 84.9 Å². The average molecular weight is 399 g/mol. The zero-order valence-electron chi connectivity index (χ0n) is 16.6. The van der Waals surface area contributed by atoms with E-state index in [0.717, 1.165) is 5.56 Å². The van der Waals surface area contributed by atoms with E-state index in [2.05, 4.69) is 5.32 Å². The van der Waals surface area contributed by atoms with Crippen LogP contribution in [0.3, 0.4) is 0 Å². The molecule has 0 saturated heterocycles. The number of carbonyl (C=O) groups excluding carboxylic acids is 2. The lowest BCUT2D eigenvalue weighted by molar-refractivity contribution is -0.148. The minimum absolute atomic E-state index is 0.0862. The Morgan fingerprint density at radius 1 is 1.31 bits per heavy atom. The number of nitrogens with one attached hydrogen (secondary N) is 1. The maximum atomic E-state index is 13.3. The van der Waals surface area contributed by atoms with Gasteiger partial charge in [-0.2, -0.15) is 0 Å². The molecule has 0 aromatic heterocycles. The summed E-state index contributed by atoms with van der Waals surface area (Å²) in [5, 5.41) is 12.7. The van der Waals surface area contributed by atoms with Crippen molar-refractivity contribution in [1.29, 1.82) is 0 Å². The lowest BCUT2D eigenvalue weighted by Crippen LogP contribution is -2.46. The normalized spacial score (nSPS) is 13.9. The first-order chi connectivity index (χ1) is 13.8. The van der Waals surface area contributed by atoms with Crippen molar-refractivity contribution in [2.24, 2.45) is 5.92 Å². The molecule has 1 amide bonds. The van der Waals surface area contributed by atoms with Gasteiger partial charge in [-0.3, -0.25) is 4.79 Å². The Hall–Kier alpha value is -2.71. The predicted molar refractivity (Wildman–Crippen MR) is 106 cm³/mol. The summed E-state index contributed by atoms with van der Waals surface area (Å²) in [4.78, 5) is 25.4. The fourth-order valence-electron chi connectivity index (χ4n) is 3.34. The van der Waals surface area contributed by atoms with E-state index in [1.54, 1.807) is 39.0 Å². The molecule has 0 aliphatic carbocycles. The van der Waals surface area contributed by atoms with Crippen molar-refractivity contribution >= 4 is 24.5 Å². The Bertz CT molecular complexity index is 933. The van der Waals surface area contributed by atoms with E-state index in [9.17, 15) is 19.0 Å². The third-order valence-corrected chi connectivity index (χ3v) is 4.97. The molecule has 6 nitrogen and oxygen atoms in total. The highest BCUT2D eigenvalue weighted by Crippen LogP contribution is 2.17. The molecule has 0 saturated carbocycles. The molecule has 8 heteroatoms. The van der Waals surface area contributed by atoms with Crippen LogP contribution in [-0.4, -0.2) is 30.1 Å². The van der Waals surface area contributed by atoms with Crippen LogP contribution in [0.25, 0.3) is 0 Å². The van der Waals surface area contributed by atoms with Gasteiger partial charge in [0.2, 0.25) is 0 Å². The first-order valence-electron chi connectivity index (χ1n) is 9.42. The molecule has 1 aliphatic heterocycles. The largest absolute Gasteiger partial charge is 0.492 e. The maximum Gasteiger partial charge on any atom is 0.492 e. The molecular weight excluding hydrogens is 376 g/mol. The van der Waals surface area contributed by atoms with Crippen LogP contribution in [0.15, 0.2) is 36.4 Å². The van der Waals surface area contributed by atoms with E-state index < -0.39 is 30.9 Å². The van der Waals surface area contributed by atoms with Gasteiger partial charge in [-0.15, -0.1) is 0 Å². The fraction of sp³-hybridized carbons (Fsp3) is 0.333. The molecule has 0 unspecified atom stereocenters. The molecule has 0 bridgehead atoms. The molecule has 1 heterocycles. The molecule has 0 fully saturated rings. The van der Waals surface area contributed by atoms with E-state index in [-0.39, 0.29) is 12.5 Å². The Labute approximate surface area is 169 Å². The lowest BCUT2D eigenvalue weighted by atomic mass is 9.75. The number of hydrogen-bond acceptors (Lipinski definition) is 5. The maximum absolute atomic E-state index is 13.3. The predicted octanol–water partition coefficient (Wildman–Crippen LogP) is 1.85. The Kier molecular flexibility index (Phi) is 6.34. The summed E-state index contributed by atoms with van der Waals surface area (Å²) in [5.41, 5.74) is 2.92. The van der Waals surface area contributed by atoms with Crippen LogP contribution in [0, 0.1) is 18.7 Å². The third-order valence-electron chi connectivity index (χ3n) is 4.97. The molecule has 2 aromatic carbocycles. The number of fused-ring (bicyclic) bond motifs is 1. The summed E-state index contributed by atoms with van der Waals surface area (Å²) in [6.07, 6.45) is 0. The molecular formula is C21H23BFNO5. The van der Waals surface area contributed by atoms with Crippen LogP contribution < -0.4 is 10.8 Å². The van der Waals surface area contributed by atoms with E-state index in [0.29, 0.717) is 28.8 Å². The molecule has 0 radical (unpaired) electrons. The minimum Gasteiger partial charge on any atom is -0.459 e. The van der Waals surface area contributed by atoms with Crippen molar-refractivity contribution in [3.05, 3.63) is 64.5 Å². The van der Waals surface area contributed by atoms with Crippen molar-refractivity contribution < 1.29 is 28.4 Å². The highest BCUT2D eigenvalue weighted by molar-refractivity contribution is 6.62. The third kappa shape index (κ3) is 4.66. The van der Waals surface area contributed by atoms with Crippen molar-refractivity contribution in [2.75, 3.05) is 0 Å². The number of rotatable bonds is 6. The van der Waals surface area contributed by atoms with E-state index in [4.69, 9.17) is 9.39 Å². The summed E-state index contributed by atoms with van der Waals surface area (Å²) in [6.45, 7) is 5.53. The summed E-state index contributed by atoms with van der Waals surface area (Å²) >= 11 is 0. The van der Waals surface area contributed by atoms with Crippen LogP contribution in [0.2, 0.25) is 0 Å². The van der Waals surface area contributed by atoms with E-state index >= 15 is 0 Å². The minimum atomic E-state index is -1.06. The first kappa shape index (κ1) is 21.0. The highest BCUT2D eigenvalue weighted by atomic mass is 19.1. The molecule has 152 valence electrons. The Morgan fingerprint density at radius 2 is 2.07 bits per heavy atom. The molecule has 2 N–H and O–H groups in total. The standard InChI is InChI=1S/C21H23BFNO5/c1-12(2)19(21(26)28-10-14-5-4-6-16(23)9-14)24-20(25)17-8-7-15-11-29-22(27)18(15)13(17)3/h4-9,12,19,27H,10-11H2,1-3H3,(H,24,25)/t19-/m0/s1. The number of carbonyl (C=O) groups is 2. The van der Waals surface area contributed by atoms with Gasteiger partial charge >= 0.3 is 13.1 Å². The second kappa shape index (κ2) is 8.76.